The fourth-order valence-electron chi connectivity index (χ4n) is 0.0630. The lowest BCUT2D eigenvalue weighted by Gasteiger charge is -1.63. The van der Waals surface area contributed by atoms with E-state index in [-0.39, 0.29) is 0 Å². The number of alkyl halides is 1. The topological polar surface area (TPSA) is 0 Å². The zero-order valence-corrected chi connectivity index (χ0v) is 5.10. The molecule has 0 saturated heterocycles. The van der Waals surface area contributed by atoms with Gasteiger partial charge in [0.05, 0.1) is 0 Å². The molecular weight excluding hydrogens is 175 g/mol. The lowest BCUT2D eigenvalue weighted by molar-refractivity contribution is 1.82. The highest BCUT2D eigenvalue weighted by Gasteiger charge is 1.54. The van der Waals surface area contributed by atoms with E-state index in [9.17, 15) is 0 Å². The summed E-state index contributed by atoms with van der Waals surface area (Å²) in [4.78, 5) is 0. The van der Waals surface area contributed by atoms with Crippen LogP contribution in [0.5, 0.6) is 0 Å². The maximum atomic E-state index is 3.49. The molecule has 0 N–H and O–H groups in total. The lowest BCUT2D eigenvalue weighted by atomic mass is 10.6. The van der Waals surface area contributed by atoms with Gasteiger partial charge in [0.2, 0.25) is 0 Å². The third-order valence-electron chi connectivity index (χ3n) is 0.256. The number of allylic oxidation sites excluding steroid dienone is 2. The molecule has 0 aliphatic heterocycles. The van der Waals surface area contributed by atoms with Gasteiger partial charge >= 0.3 is 0 Å². The van der Waals surface area contributed by atoms with Crippen molar-refractivity contribution >= 4 is 22.6 Å². The van der Waals surface area contributed by atoms with E-state index < -0.39 is 0 Å². The smallest absolute Gasteiger partial charge is 0.0175 e. The lowest BCUT2D eigenvalue weighted by Crippen LogP contribution is -1.49. The predicted octanol–water partition coefficient (Wildman–Crippen LogP) is 1.81. The molecule has 0 fully saturated rings. The van der Waals surface area contributed by atoms with Crippen molar-refractivity contribution in [3.63, 3.8) is 0 Å². The van der Waals surface area contributed by atoms with Crippen LogP contribution in [0.25, 0.3) is 0 Å². The second-order valence-corrected chi connectivity index (χ2v) is 1.51. The van der Waals surface area contributed by atoms with Crippen molar-refractivity contribution < 1.29 is 0 Å². The molecule has 1 radical (unpaired) electrons. The quantitative estimate of drug-likeness (QED) is 0.427. The normalized spacial score (nSPS) is 10.0. The van der Waals surface area contributed by atoms with Crippen LogP contribution in [0.2, 0.25) is 0 Å². The molecule has 0 aromatic carbocycles. The van der Waals surface area contributed by atoms with Crippen LogP contribution in [0.15, 0.2) is 12.2 Å². The average Bonchev–Trinajstić information content (AvgIpc) is 1.41. The van der Waals surface area contributed by atoms with Crippen LogP contribution >= 0.6 is 22.6 Å². The van der Waals surface area contributed by atoms with E-state index in [4.69, 9.17) is 0 Å². The number of hydrogen-bond donors (Lipinski definition) is 0. The monoisotopic (exact) mass is 181 g/mol. The molecule has 0 aromatic rings. The zero-order valence-electron chi connectivity index (χ0n) is 2.95. The Labute approximate surface area is 46.4 Å². The van der Waals surface area contributed by atoms with Gasteiger partial charge in [0.15, 0.2) is 0 Å². The second-order valence-electron chi connectivity index (χ2n) is 0.626. The van der Waals surface area contributed by atoms with Crippen LogP contribution in [0.3, 0.4) is 0 Å². The zero-order chi connectivity index (χ0) is 4.12. The van der Waals surface area contributed by atoms with Crippen LogP contribution in [0.1, 0.15) is 0 Å². The second kappa shape index (κ2) is 4.47. The maximum Gasteiger partial charge on any atom is 0.0175 e. The fourth-order valence-corrected chi connectivity index (χ4v) is 0.423. The van der Waals surface area contributed by atoms with Crippen LogP contribution in [-0.4, -0.2) is 4.43 Å². The van der Waals surface area contributed by atoms with Crippen molar-refractivity contribution in [1.82, 2.24) is 0 Å². The standard InChI is InChI=1S/C4H6I/c1-2-3-4-5/h2-3H,1,4H2/b3-2-. The van der Waals surface area contributed by atoms with E-state index in [1.54, 1.807) is 6.08 Å². The molecule has 0 heterocycles. The molecule has 5 heavy (non-hydrogen) atoms. The molecule has 1 heteroatoms. The molecule has 0 bridgehead atoms. The van der Waals surface area contributed by atoms with Crippen molar-refractivity contribution in [1.29, 1.82) is 0 Å². The summed E-state index contributed by atoms with van der Waals surface area (Å²) in [7, 11) is 0. The minimum absolute atomic E-state index is 1.07. The highest BCUT2D eigenvalue weighted by Crippen LogP contribution is 1.78. The van der Waals surface area contributed by atoms with Crippen molar-refractivity contribution in [2.75, 3.05) is 4.43 Å². The summed E-state index contributed by atoms with van der Waals surface area (Å²) in [5.74, 6) is 0. The Balaban J connectivity index is 2.62. The van der Waals surface area contributed by atoms with Gasteiger partial charge in [-0.3, -0.25) is 0 Å². The summed E-state index contributed by atoms with van der Waals surface area (Å²) in [5.41, 5.74) is 0. The first-order valence-electron chi connectivity index (χ1n) is 1.42. The van der Waals surface area contributed by atoms with Gasteiger partial charge in [-0.1, -0.05) is 34.7 Å². The van der Waals surface area contributed by atoms with Crippen molar-refractivity contribution in [3.05, 3.63) is 19.1 Å². The SMILES string of the molecule is [CH2]/C=C\CI. The van der Waals surface area contributed by atoms with Crippen LogP contribution in [-0.2, 0) is 0 Å². The first-order valence-corrected chi connectivity index (χ1v) is 2.94. The Morgan fingerprint density at radius 2 is 2.40 bits per heavy atom. The minimum atomic E-state index is 1.07. The van der Waals surface area contributed by atoms with Crippen molar-refractivity contribution in [3.8, 4) is 0 Å². The summed E-state index contributed by atoms with van der Waals surface area (Å²) in [5, 5.41) is 0. The molecule has 29 valence electrons. The van der Waals surface area contributed by atoms with Gasteiger partial charge in [-0.2, -0.15) is 0 Å². The van der Waals surface area contributed by atoms with Crippen molar-refractivity contribution in [2.24, 2.45) is 0 Å². The summed E-state index contributed by atoms with van der Waals surface area (Å²) in [6, 6.07) is 0. The molecule has 0 aliphatic rings. The molecule has 0 aromatic heterocycles. The summed E-state index contributed by atoms with van der Waals surface area (Å²) in [6.45, 7) is 3.49. The van der Waals surface area contributed by atoms with E-state index in [0.29, 0.717) is 0 Å². The average molecular weight is 181 g/mol. The first-order chi connectivity index (χ1) is 2.41. The van der Waals surface area contributed by atoms with Crippen molar-refractivity contribution in [2.45, 2.75) is 0 Å². The molecule has 0 saturated carbocycles. The van der Waals surface area contributed by atoms with E-state index in [2.05, 4.69) is 29.5 Å². The number of hydrogen-bond acceptors (Lipinski definition) is 0. The Morgan fingerprint density at radius 1 is 1.80 bits per heavy atom. The summed E-state index contributed by atoms with van der Waals surface area (Å²) in [6.07, 6.45) is 3.80. The molecule has 0 atom stereocenters. The van der Waals surface area contributed by atoms with Crippen LogP contribution in [0.4, 0.5) is 0 Å². The van der Waals surface area contributed by atoms with Crippen LogP contribution in [0, 0.1) is 6.92 Å². The maximum absolute atomic E-state index is 3.49. The Bertz CT molecular complexity index is 30.6. The molecule has 0 rings (SSSR count). The summed E-state index contributed by atoms with van der Waals surface area (Å²) < 4.78 is 1.07. The molecular formula is C4H6I. The van der Waals surface area contributed by atoms with Gasteiger partial charge in [0.1, 0.15) is 0 Å². The van der Waals surface area contributed by atoms with E-state index >= 15 is 0 Å². The Hall–Kier alpha value is 0.470. The van der Waals surface area contributed by atoms with E-state index in [0.717, 1.165) is 4.43 Å². The van der Waals surface area contributed by atoms with E-state index in [1.165, 1.54) is 0 Å². The van der Waals surface area contributed by atoms with Gasteiger partial charge in [0.25, 0.3) is 0 Å². The third-order valence-corrected chi connectivity index (χ3v) is 0.764. The Kier molecular flexibility index (Phi) is 4.89. The number of rotatable bonds is 1. The molecule has 0 spiro atoms. The highest BCUT2D eigenvalue weighted by atomic mass is 127. The van der Waals surface area contributed by atoms with Gasteiger partial charge in [-0.15, -0.1) is 0 Å². The van der Waals surface area contributed by atoms with E-state index in [1.807, 2.05) is 6.08 Å². The fraction of sp³-hybridized carbons (Fsp3) is 0.250. The Morgan fingerprint density at radius 3 is 2.40 bits per heavy atom. The first kappa shape index (κ1) is 5.47. The predicted molar refractivity (Wildman–Crippen MR) is 33.4 cm³/mol. The van der Waals surface area contributed by atoms with Gasteiger partial charge in [-0.25, -0.2) is 0 Å². The minimum Gasteiger partial charge on any atom is -0.0875 e. The van der Waals surface area contributed by atoms with Crippen LogP contribution < -0.4 is 0 Å². The molecule has 0 nitrogen and oxygen atoms in total. The molecule has 0 aliphatic carbocycles. The van der Waals surface area contributed by atoms with Gasteiger partial charge in [-0.05, 0) is 6.92 Å². The molecule has 0 unspecified atom stereocenters. The largest absolute Gasteiger partial charge is 0.0875 e. The third kappa shape index (κ3) is 4.47. The summed E-state index contributed by atoms with van der Waals surface area (Å²) >= 11 is 2.26. The number of halogens is 1. The molecule has 0 amide bonds. The highest BCUT2D eigenvalue weighted by molar-refractivity contribution is 14.1. The van der Waals surface area contributed by atoms with Gasteiger partial charge in [0, 0.05) is 4.43 Å². The van der Waals surface area contributed by atoms with Gasteiger partial charge < -0.3 is 0 Å².